The Kier molecular flexibility index (Phi) is 12.6. The van der Waals surface area contributed by atoms with Gasteiger partial charge in [-0.15, -0.1) is 35.3 Å². The molecule has 0 radical (unpaired) electrons. The predicted octanol–water partition coefficient (Wildman–Crippen LogP) is 3.75. The largest absolute Gasteiger partial charge is 0.381 e. The highest BCUT2D eigenvalue weighted by Gasteiger charge is 2.25. The molecule has 2 N–H and O–H groups in total. The first kappa shape index (κ1) is 25.8. The molecule has 172 valence electrons. The number of ether oxygens (including phenoxy) is 2. The average Bonchev–Trinajstić information content (AvgIpc) is 3.44. The van der Waals surface area contributed by atoms with Crippen LogP contribution in [0, 0.1) is 11.8 Å². The van der Waals surface area contributed by atoms with Crippen LogP contribution in [0.4, 0.5) is 0 Å². The van der Waals surface area contributed by atoms with Crippen LogP contribution in [0.2, 0.25) is 0 Å². The zero-order valence-electron chi connectivity index (χ0n) is 18.5. The third-order valence-corrected chi connectivity index (χ3v) is 6.93. The first-order chi connectivity index (χ1) is 14.3. The summed E-state index contributed by atoms with van der Waals surface area (Å²) in [6.45, 7) is 9.83. The van der Waals surface area contributed by atoms with Crippen LogP contribution < -0.4 is 10.6 Å². The second-order valence-electron chi connectivity index (χ2n) is 8.29. The molecule has 1 aromatic rings. The maximum Gasteiger partial charge on any atom is 0.191 e. The molecule has 0 amide bonds. The van der Waals surface area contributed by atoms with Gasteiger partial charge in [0, 0.05) is 44.1 Å². The standard InChI is InChI=1S/C22H38N4O2S.HI/c1-18-6-10-26(11-7-18)20(21-5-3-14-29-21)15-25-22(23-2)24-9-4-12-27-16-19-8-13-28-17-19;/h3,5,14,18-20H,4,6-13,15-17H2,1-2H3,(H2,23,24,25);1H. The summed E-state index contributed by atoms with van der Waals surface area (Å²) in [6.07, 6.45) is 4.70. The summed E-state index contributed by atoms with van der Waals surface area (Å²) in [5.41, 5.74) is 0. The third kappa shape index (κ3) is 8.61. The molecule has 0 aromatic carbocycles. The van der Waals surface area contributed by atoms with Crippen LogP contribution in [-0.4, -0.2) is 70.5 Å². The van der Waals surface area contributed by atoms with Crippen LogP contribution in [-0.2, 0) is 9.47 Å². The van der Waals surface area contributed by atoms with Gasteiger partial charge in [0.1, 0.15) is 0 Å². The zero-order valence-corrected chi connectivity index (χ0v) is 21.6. The number of aliphatic imine (C=N–C) groups is 1. The van der Waals surface area contributed by atoms with E-state index in [0.29, 0.717) is 12.0 Å². The Balaban J connectivity index is 0.00000320. The molecule has 6 nitrogen and oxygen atoms in total. The van der Waals surface area contributed by atoms with E-state index in [2.05, 4.69) is 45.0 Å². The molecule has 2 aliphatic rings. The van der Waals surface area contributed by atoms with E-state index in [1.54, 1.807) is 0 Å². The van der Waals surface area contributed by atoms with Crippen molar-refractivity contribution in [2.24, 2.45) is 16.8 Å². The van der Waals surface area contributed by atoms with Crippen molar-refractivity contribution in [3.63, 3.8) is 0 Å². The second-order valence-corrected chi connectivity index (χ2v) is 9.27. The van der Waals surface area contributed by atoms with Crippen molar-refractivity contribution in [1.29, 1.82) is 0 Å². The molecule has 3 heterocycles. The molecule has 2 unspecified atom stereocenters. The summed E-state index contributed by atoms with van der Waals surface area (Å²) in [5.74, 6) is 2.31. The van der Waals surface area contributed by atoms with Gasteiger partial charge in [-0.25, -0.2) is 0 Å². The van der Waals surface area contributed by atoms with Crippen LogP contribution in [0.5, 0.6) is 0 Å². The van der Waals surface area contributed by atoms with E-state index in [9.17, 15) is 0 Å². The number of hydrogen-bond acceptors (Lipinski definition) is 5. The van der Waals surface area contributed by atoms with Crippen LogP contribution in [0.3, 0.4) is 0 Å². The third-order valence-electron chi connectivity index (χ3n) is 5.95. The van der Waals surface area contributed by atoms with Gasteiger partial charge in [0.25, 0.3) is 0 Å². The van der Waals surface area contributed by atoms with Gasteiger partial charge >= 0.3 is 0 Å². The Morgan fingerprint density at radius 1 is 1.33 bits per heavy atom. The lowest BCUT2D eigenvalue weighted by molar-refractivity contribution is 0.0888. The number of piperidine rings is 1. The summed E-state index contributed by atoms with van der Waals surface area (Å²) < 4.78 is 11.2. The van der Waals surface area contributed by atoms with E-state index in [1.165, 1.54) is 30.8 Å². The molecule has 2 atom stereocenters. The van der Waals surface area contributed by atoms with Crippen LogP contribution in [0.15, 0.2) is 22.5 Å². The first-order valence-electron chi connectivity index (χ1n) is 11.1. The summed E-state index contributed by atoms with van der Waals surface area (Å²) in [6, 6.07) is 4.83. The van der Waals surface area contributed by atoms with E-state index in [-0.39, 0.29) is 24.0 Å². The highest BCUT2D eigenvalue weighted by atomic mass is 127. The molecule has 8 heteroatoms. The minimum atomic E-state index is 0. The normalized spacial score (nSPS) is 21.9. The molecule has 0 saturated carbocycles. The van der Waals surface area contributed by atoms with E-state index < -0.39 is 0 Å². The molecular formula is C22H39IN4O2S. The second kappa shape index (κ2) is 14.6. The Labute approximate surface area is 203 Å². The number of halogens is 1. The number of nitrogens with zero attached hydrogens (tertiary/aromatic N) is 2. The average molecular weight is 551 g/mol. The van der Waals surface area contributed by atoms with Gasteiger partial charge in [0.2, 0.25) is 0 Å². The Hall–Kier alpha value is -0.420. The maximum atomic E-state index is 5.78. The highest BCUT2D eigenvalue weighted by molar-refractivity contribution is 14.0. The van der Waals surface area contributed by atoms with Crippen LogP contribution >= 0.6 is 35.3 Å². The molecule has 2 aliphatic heterocycles. The summed E-state index contributed by atoms with van der Waals surface area (Å²) in [7, 11) is 1.84. The van der Waals surface area contributed by atoms with Crippen molar-refractivity contribution < 1.29 is 9.47 Å². The smallest absolute Gasteiger partial charge is 0.191 e. The van der Waals surface area contributed by atoms with Gasteiger partial charge in [0.15, 0.2) is 5.96 Å². The number of likely N-dealkylation sites (tertiary alicyclic amines) is 1. The van der Waals surface area contributed by atoms with E-state index in [0.717, 1.165) is 64.2 Å². The van der Waals surface area contributed by atoms with E-state index >= 15 is 0 Å². The van der Waals surface area contributed by atoms with Crippen LogP contribution in [0.1, 0.15) is 43.5 Å². The van der Waals surface area contributed by atoms with Crippen LogP contribution in [0.25, 0.3) is 0 Å². The van der Waals surface area contributed by atoms with Crippen molar-refractivity contribution in [3.05, 3.63) is 22.4 Å². The highest BCUT2D eigenvalue weighted by Crippen LogP contribution is 2.29. The molecule has 3 rings (SSSR count). The topological polar surface area (TPSA) is 58.1 Å². The van der Waals surface area contributed by atoms with Gasteiger partial charge in [-0.2, -0.15) is 0 Å². The molecule has 30 heavy (non-hydrogen) atoms. The fourth-order valence-corrected chi connectivity index (χ4v) is 4.85. The maximum absolute atomic E-state index is 5.78. The first-order valence-corrected chi connectivity index (χ1v) is 12.0. The monoisotopic (exact) mass is 550 g/mol. The molecule has 1 aromatic heterocycles. The summed E-state index contributed by atoms with van der Waals surface area (Å²) in [5, 5.41) is 9.16. The zero-order chi connectivity index (χ0) is 20.3. The van der Waals surface area contributed by atoms with E-state index in [1.807, 2.05) is 18.4 Å². The number of nitrogens with one attached hydrogen (secondary N) is 2. The van der Waals surface area contributed by atoms with Crippen molar-refractivity contribution in [1.82, 2.24) is 15.5 Å². The number of hydrogen-bond donors (Lipinski definition) is 2. The fourth-order valence-electron chi connectivity index (χ4n) is 3.99. The molecule has 0 spiro atoms. The Morgan fingerprint density at radius 3 is 2.83 bits per heavy atom. The van der Waals surface area contributed by atoms with Gasteiger partial charge in [-0.05, 0) is 56.1 Å². The quantitative estimate of drug-likeness (QED) is 0.201. The minimum Gasteiger partial charge on any atom is -0.381 e. The lowest BCUT2D eigenvalue weighted by Gasteiger charge is -2.36. The molecule has 2 fully saturated rings. The van der Waals surface area contributed by atoms with Crippen molar-refractivity contribution in [2.45, 2.75) is 38.6 Å². The Bertz CT molecular complexity index is 588. The fraction of sp³-hybridized carbons (Fsp3) is 0.773. The number of thiophene rings is 1. The summed E-state index contributed by atoms with van der Waals surface area (Å²) in [4.78, 5) is 8.47. The van der Waals surface area contributed by atoms with Crippen molar-refractivity contribution in [2.75, 3.05) is 59.7 Å². The van der Waals surface area contributed by atoms with Crippen molar-refractivity contribution in [3.8, 4) is 0 Å². The van der Waals surface area contributed by atoms with Gasteiger partial charge in [0.05, 0.1) is 19.3 Å². The van der Waals surface area contributed by atoms with Gasteiger partial charge < -0.3 is 20.1 Å². The lowest BCUT2D eigenvalue weighted by Crippen LogP contribution is -2.45. The van der Waals surface area contributed by atoms with Gasteiger partial charge in [-0.3, -0.25) is 9.89 Å². The predicted molar refractivity (Wildman–Crippen MR) is 136 cm³/mol. The molecule has 0 bridgehead atoms. The lowest BCUT2D eigenvalue weighted by atomic mass is 9.97. The van der Waals surface area contributed by atoms with Gasteiger partial charge in [-0.1, -0.05) is 13.0 Å². The Morgan fingerprint density at radius 2 is 2.17 bits per heavy atom. The minimum absolute atomic E-state index is 0. The molecule has 2 saturated heterocycles. The molecule has 0 aliphatic carbocycles. The SMILES string of the molecule is CN=C(NCCCOCC1CCOC1)NCC(c1cccs1)N1CCC(C)CC1.I. The van der Waals surface area contributed by atoms with E-state index in [4.69, 9.17) is 9.47 Å². The van der Waals surface area contributed by atoms with Crippen molar-refractivity contribution >= 4 is 41.3 Å². The summed E-state index contributed by atoms with van der Waals surface area (Å²) >= 11 is 1.85. The molecular weight excluding hydrogens is 511 g/mol. The number of guanidine groups is 1. The number of rotatable bonds is 10.